The average molecular weight is 277 g/mol. The molecule has 0 N–H and O–H groups in total. The summed E-state index contributed by atoms with van der Waals surface area (Å²) in [7, 11) is 3.06. The zero-order chi connectivity index (χ0) is 14.7. The zero-order valence-corrected chi connectivity index (χ0v) is 11.2. The number of rotatable bonds is 4. The first-order valence-electron chi connectivity index (χ1n) is 6.03. The van der Waals surface area contributed by atoms with Gasteiger partial charge in [-0.05, 0) is 6.07 Å². The molecule has 1 aliphatic rings. The number of carbonyl (C=O) groups excluding carboxylic acids is 1. The van der Waals surface area contributed by atoms with Crippen LogP contribution < -0.4 is 0 Å². The fourth-order valence-electron chi connectivity index (χ4n) is 2.17. The molecule has 0 spiro atoms. The van der Waals surface area contributed by atoms with Crippen LogP contribution in [0.3, 0.4) is 0 Å². The molecule has 0 amide bonds. The number of nitro groups is 1. The molecule has 0 radical (unpaired) electrons. The molecule has 2 rings (SSSR count). The van der Waals surface area contributed by atoms with E-state index in [9.17, 15) is 14.9 Å². The van der Waals surface area contributed by atoms with E-state index < -0.39 is 16.9 Å². The van der Waals surface area contributed by atoms with Crippen LogP contribution in [0.2, 0.25) is 0 Å². The van der Waals surface area contributed by atoms with Crippen molar-refractivity contribution in [1.82, 2.24) is 10.0 Å². The van der Waals surface area contributed by atoms with Gasteiger partial charge in [0, 0.05) is 25.9 Å². The number of likely N-dealkylation sites (N-methyl/N-ethyl adjacent to an activating group) is 1. The van der Waals surface area contributed by atoms with Crippen LogP contribution in [0.5, 0.6) is 0 Å². The van der Waals surface area contributed by atoms with Crippen molar-refractivity contribution in [1.29, 1.82) is 0 Å². The van der Waals surface area contributed by atoms with E-state index in [4.69, 9.17) is 4.74 Å². The summed E-state index contributed by atoms with van der Waals surface area (Å²) in [4.78, 5) is 22.7. The van der Waals surface area contributed by atoms with Gasteiger partial charge in [-0.25, -0.2) is 9.80 Å². The van der Waals surface area contributed by atoms with Crippen LogP contribution in [0.1, 0.15) is 11.6 Å². The predicted molar refractivity (Wildman–Crippen MR) is 71.5 cm³/mol. The van der Waals surface area contributed by atoms with Crippen LogP contribution in [-0.4, -0.2) is 41.6 Å². The van der Waals surface area contributed by atoms with Crippen molar-refractivity contribution in [3.63, 3.8) is 0 Å². The van der Waals surface area contributed by atoms with Crippen molar-refractivity contribution in [3.8, 4) is 0 Å². The molecule has 1 atom stereocenters. The summed E-state index contributed by atoms with van der Waals surface area (Å²) in [6.45, 7) is 0.633. The number of carbonyl (C=O) groups is 1. The van der Waals surface area contributed by atoms with E-state index in [1.165, 1.54) is 13.2 Å². The third-order valence-electron chi connectivity index (χ3n) is 3.14. The van der Waals surface area contributed by atoms with Crippen molar-refractivity contribution < 1.29 is 14.5 Å². The van der Waals surface area contributed by atoms with Gasteiger partial charge in [0.2, 0.25) is 0 Å². The second-order valence-corrected chi connectivity index (χ2v) is 4.35. The number of para-hydroxylation sites is 1. The standard InChI is InChI=1S/C13H15N3O4/c1-14-8-5-9-15(14)12(13(17)20-2)10-6-3-4-7-11(10)16(18)19/h3-7,9,12H,8H2,1-2H3. The number of nitrogens with zero attached hydrogens (tertiary/aromatic N) is 3. The van der Waals surface area contributed by atoms with Gasteiger partial charge in [0.25, 0.3) is 5.69 Å². The van der Waals surface area contributed by atoms with E-state index in [1.807, 2.05) is 6.08 Å². The SMILES string of the molecule is COC(=O)C(c1ccccc1[N+](=O)[O-])N1C=CCN1C. The molecule has 20 heavy (non-hydrogen) atoms. The molecule has 106 valence electrons. The number of ether oxygens (including phenoxy) is 1. The average Bonchev–Trinajstić information content (AvgIpc) is 2.85. The van der Waals surface area contributed by atoms with E-state index >= 15 is 0 Å². The van der Waals surface area contributed by atoms with Crippen LogP contribution in [0.4, 0.5) is 5.69 Å². The topological polar surface area (TPSA) is 75.9 Å². The Kier molecular flexibility index (Phi) is 3.99. The highest BCUT2D eigenvalue weighted by atomic mass is 16.6. The minimum absolute atomic E-state index is 0.100. The van der Waals surface area contributed by atoms with Gasteiger partial charge >= 0.3 is 5.97 Å². The lowest BCUT2D eigenvalue weighted by atomic mass is 10.0. The van der Waals surface area contributed by atoms with Crippen molar-refractivity contribution in [2.75, 3.05) is 20.7 Å². The highest BCUT2D eigenvalue weighted by Gasteiger charge is 2.35. The van der Waals surface area contributed by atoms with E-state index in [0.29, 0.717) is 12.1 Å². The number of hydrogen-bond acceptors (Lipinski definition) is 6. The Labute approximate surface area is 116 Å². The summed E-state index contributed by atoms with van der Waals surface area (Å²) >= 11 is 0. The van der Waals surface area contributed by atoms with Crippen molar-refractivity contribution >= 4 is 11.7 Å². The number of esters is 1. The summed E-state index contributed by atoms with van der Waals surface area (Å²) in [6, 6.07) is 5.31. The van der Waals surface area contributed by atoms with Crippen LogP contribution in [0.25, 0.3) is 0 Å². The van der Waals surface area contributed by atoms with E-state index in [1.54, 1.807) is 41.5 Å². The first-order chi connectivity index (χ1) is 9.56. The lowest BCUT2D eigenvalue weighted by Crippen LogP contribution is -2.39. The third kappa shape index (κ3) is 2.48. The number of nitro benzene ring substituents is 1. The Morgan fingerprint density at radius 2 is 2.15 bits per heavy atom. The zero-order valence-electron chi connectivity index (χ0n) is 11.2. The molecule has 1 unspecified atom stereocenters. The lowest BCUT2D eigenvalue weighted by Gasteiger charge is -2.31. The van der Waals surface area contributed by atoms with Gasteiger partial charge in [0.1, 0.15) is 0 Å². The maximum Gasteiger partial charge on any atom is 0.335 e. The second-order valence-electron chi connectivity index (χ2n) is 4.35. The van der Waals surface area contributed by atoms with Crippen LogP contribution in [0, 0.1) is 10.1 Å². The molecule has 1 heterocycles. The summed E-state index contributed by atoms with van der Waals surface area (Å²) in [5.41, 5.74) is 0.208. The summed E-state index contributed by atoms with van der Waals surface area (Å²) < 4.78 is 4.80. The number of methoxy groups -OCH3 is 1. The molecule has 7 heteroatoms. The van der Waals surface area contributed by atoms with E-state index in [0.717, 1.165) is 0 Å². The van der Waals surface area contributed by atoms with Crippen molar-refractivity contribution in [2.45, 2.75) is 6.04 Å². The monoisotopic (exact) mass is 277 g/mol. The molecule has 0 saturated heterocycles. The van der Waals surface area contributed by atoms with E-state index in [2.05, 4.69) is 0 Å². The molecule has 1 aromatic rings. The molecule has 1 aliphatic heterocycles. The molecule has 0 bridgehead atoms. The lowest BCUT2D eigenvalue weighted by molar-refractivity contribution is -0.386. The minimum Gasteiger partial charge on any atom is -0.467 e. The predicted octanol–water partition coefficient (Wildman–Crippen LogP) is 1.48. The van der Waals surface area contributed by atoms with Crippen LogP contribution in [0.15, 0.2) is 36.5 Å². The van der Waals surface area contributed by atoms with Gasteiger partial charge in [-0.2, -0.15) is 0 Å². The molecule has 0 fully saturated rings. The Bertz CT molecular complexity index is 558. The molecular formula is C13H15N3O4. The molecule has 0 saturated carbocycles. The first-order valence-corrected chi connectivity index (χ1v) is 6.03. The van der Waals surface area contributed by atoms with Crippen LogP contribution in [-0.2, 0) is 9.53 Å². The fraction of sp³-hybridized carbons (Fsp3) is 0.308. The molecule has 7 nitrogen and oxygen atoms in total. The Morgan fingerprint density at radius 3 is 2.70 bits per heavy atom. The van der Waals surface area contributed by atoms with Gasteiger partial charge in [-0.1, -0.05) is 18.2 Å². The highest BCUT2D eigenvalue weighted by molar-refractivity contribution is 5.79. The molecule has 0 aromatic heterocycles. The quantitative estimate of drug-likeness (QED) is 0.471. The number of hydrogen-bond donors (Lipinski definition) is 0. The number of hydrazine groups is 1. The van der Waals surface area contributed by atoms with Gasteiger partial charge in [-0.15, -0.1) is 0 Å². The summed E-state index contributed by atoms with van der Waals surface area (Å²) in [5.74, 6) is -0.544. The largest absolute Gasteiger partial charge is 0.467 e. The first kappa shape index (κ1) is 14.0. The smallest absolute Gasteiger partial charge is 0.335 e. The minimum atomic E-state index is -0.870. The van der Waals surface area contributed by atoms with Crippen molar-refractivity contribution in [2.24, 2.45) is 0 Å². The maximum absolute atomic E-state index is 12.1. The Hall–Kier alpha value is -2.41. The molecule has 1 aromatic carbocycles. The summed E-state index contributed by atoms with van der Waals surface area (Å²) in [5, 5.41) is 14.6. The fourth-order valence-corrected chi connectivity index (χ4v) is 2.17. The third-order valence-corrected chi connectivity index (χ3v) is 3.14. The van der Waals surface area contributed by atoms with Gasteiger partial charge in [-0.3, -0.25) is 15.1 Å². The maximum atomic E-state index is 12.1. The highest BCUT2D eigenvalue weighted by Crippen LogP contribution is 2.32. The van der Waals surface area contributed by atoms with Crippen molar-refractivity contribution in [3.05, 3.63) is 52.2 Å². The van der Waals surface area contributed by atoms with Crippen LogP contribution >= 0.6 is 0 Å². The molecular weight excluding hydrogens is 262 g/mol. The van der Waals surface area contributed by atoms with E-state index in [-0.39, 0.29) is 5.69 Å². The Balaban J connectivity index is 2.49. The van der Waals surface area contributed by atoms with Gasteiger partial charge < -0.3 is 4.74 Å². The second kappa shape index (κ2) is 5.70. The summed E-state index contributed by atoms with van der Waals surface area (Å²) in [6.07, 6.45) is 3.59. The van der Waals surface area contributed by atoms with Gasteiger partial charge in [0.05, 0.1) is 17.6 Å². The Morgan fingerprint density at radius 1 is 1.45 bits per heavy atom. The normalized spacial score (nSPS) is 16.2. The molecule has 0 aliphatic carbocycles. The van der Waals surface area contributed by atoms with Gasteiger partial charge in [0.15, 0.2) is 6.04 Å². The number of benzene rings is 1.